The van der Waals surface area contributed by atoms with Gasteiger partial charge in [-0.1, -0.05) is 24.1 Å². The number of hydrogen-bond donors (Lipinski definition) is 0. The molecule has 0 spiro atoms. The van der Waals surface area contributed by atoms with Crippen LogP contribution in [0.15, 0.2) is 48.7 Å². The van der Waals surface area contributed by atoms with Crippen LogP contribution in [0, 0.1) is 11.8 Å². The van der Waals surface area contributed by atoms with E-state index in [1.165, 1.54) is 6.07 Å². The van der Waals surface area contributed by atoms with Crippen LogP contribution in [0.3, 0.4) is 0 Å². The minimum absolute atomic E-state index is 0.312. The molecule has 0 saturated heterocycles. The molecule has 4 heteroatoms. The van der Waals surface area contributed by atoms with Gasteiger partial charge in [-0.2, -0.15) is 13.2 Å². The SMILES string of the molecule is FC(F)(F)c1ccc(C#Cc2ccccc2)nc1. The molecule has 0 unspecified atom stereocenters. The normalized spacial score (nSPS) is 10.6. The third kappa shape index (κ3) is 3.11. The number of pyridine rings is 1. The molecular formula is C14H8F3N. The first-order chi connectivity index (χ1) is 8.55. The largest absolute Gasteiger partial charge is 0.417 e. The molecule has 2 aromatic rings. The molecule has 1 heterocycles. The van der Waals surface area contributed by atoms with Crippen molar-refractivity contribution in [1.82, 2.24) is 4.98 Å². The summed E-state index contributed by atoms with van der Waals surface area (Å²) in [5.41, 5.74) is 0.332. The summed E-state index contributed by atoms with van der Waals surface area (Å²) in [4.78, 5) is 3.67. The van der Waals surface area contributed by atoms with Gasteiger partial charge in [0, 0.05) is 11.8 Å². The van der Waals surface area contributed by atoms with Crippen LogP contribution in [0.25, 0.3) is 0 Å². The van der Waals surface area contributed by atoms with E-state index in [-0.39, 0.29) is 0 Å². The summed E-state index contributed by atoms with van der Waals surface area (Å²) in [5.74, 6) is 5.54. The number of aromatic nitrogens is 1. The monoisotopic (exact) mass is 247 g/mol. The van der Waals surface area contributed by atoms with Crippen molar-refractivity contribution >= 4 is 0 Å². The van der Waals surface area contributed by atoms with Gasteiger partial charge in [0.2, 0.25) is 0 Å². The lowest BCUT2D eigenvalue weighted by Crippen LogP contribution is -2.05. The Hall–Kier alpha value is -2.28. The molecule has 0 atom stereocenters. The zero-order chi connectivity index (χ0) is 13.0. The van der Waals surface area contributed by atoms with Gasteiger partial charge >= 0.3 is 6.18 Å². The smallest absolute Gasteiger partial charge is 0.247 e. The van der Waals surface area contributed by atoms with Crippen molar-refractivity contribution in [2.45, 2.75) is 6.18 Å². The van der Waals surface area contributed by atoms with Crippen molar-refractivity contribution in [2.75, 3.05) is 0 Å². The van der Waals surface area contributed by atoms with E-state index in [1.807, 2.05) is 30.3 Å². The summed E-state index contributed by atoms with van der Waals surface area (Å²) < 4.78 is 36.9. The van der Waals surface area contributed by atoms with Gasteiger partial charge in [-0.05, 0) is 30.2 Å². The maximum Gasteiger partial charge on any atom is 0.417 e. The second-order valence-electron chi connectivity index (χ2n) is 3.55. The van der Waals surface area contributed by atoms with Crippen molar-refractivity contribution in [3.63, 3.8) is 0 Å². The van der Waals surface area contributed by atoms with Gasteiger partial charge in [0.05, 0.1) is 5.56 Å². The predicted molar refractivity (Wildman–Crippen MR) is 61.7 cm³/mol. The van der Waals surface area contributed by atoms with Crippen LogP contribution in [0.1, 0.15) is 16.8 Å². The third-order valence-electron chi connectivity index (χ3n) is 2.20. The van der Waals surface area contributed by atoms with Gasteiger partial charge < -0.3 is 0 Å². The van der Waals surface area contributed by atoms with Crippen LogP contribution in [-0.2, 0) is 6.18 Å². The topological polar surface area (TPSA) is 12.9 Å². The molecule has 0 radical (unpaired) electrons. The first-order valence-corrected chi connectivity index (χ1v) is 5.16. The fourth-order valence-electron chi connectivity index (χ4n) is 1.29. The molecule has 2 rings (SSSR count). The molecule has 1 aromatic heterocycles. The highest BCUT2D eigenvalue weighted by Crippen LogP contribution is 2.28. The number of nitrogens with zero attached hydrogens (tertiary/aromatic N) is 1. The first-order valence-electron chi connectivity index (χ1n) is 5.16. The number of benzene rings is 1. The Morgan fingerprint density at radius 3 is 2.17 bits per heavy atom. The maximum absolute atomic E-state index is 12.3. The van der Waals surface area contributed by atoms with Crippen molar-refractivity contribution < 1.29 is 13.2 Å². The van der Waals surface area contributed by atoms with E-state index >= 15 is 0 Å². The summed E-state index contributed by atoms with van der Waals surface area (Å²) >= 11 is 0. The Kier molecular flexibility index (Phi) is 3.33. The molecular weight excluding hydrogens is 239 g/mol. The molecule has 0 fully saturated rings. The van der Waals surface area contributed by atoms with Crippen molar-refractivity contribution in [2.24, 2.45) is 0 Å². The van der Waals surface area contributed by atoms with Gasteiger partial charge in [0.1, 0.15) is 5.69 Å². The molecule has 18 heavy (non-hydrogen) atoms. The molecule has 0 aliphatic heterocycles. The Morgan fingerprint density at radius 2 is 1.61 bits per heavy atom. The fourth-order valence-corrected chi connectivity index (χ4v) is 1.29. The fraction of sp³-hybridized carbons (Fsp3) is 0.0714. The summed E-state index contributed by atoms with van der Waals surface area (Å²) in [6.07, 6.45) is -3.58. The lowest BCUT2D eigenvalue weighted by atomic mass is 10.2. The standard InChI is InChI=1S/C14H8F3N/c15-14(16,17)12-7-9-13(18-10-12)8-6-11-4-2-1-3-5-11/h1-5,7,9-10H. The lowest BCUT2D eigenvalue weighted by molar-refractivity contribution is -0.137. The maximum atomic E-state index is 12.3. The first kappa shape index (κ1) is 12.2. The zero-order valence-electron chi connectivity index (χ0n) is 9.20. The van der Waals surface area contributed by atoms with Crippen LogP contribution in [0.2, 0.25) is 0 Å². The highest BCUT2D eigenvalue weighted by Gasteiger charge is 2.30. The Bertz CT molecular complexity index is 574. The van der Waals surface area contributed by atoms with E-state index in [2.05, 4.69) is 16.8 Å². The van der Waals surface area contributed by atoms with Crippen molar-refractivity contribution in [1.29, 1.82) is 0 Å². The second-order valence-corrected chi connectivity index (χ2v) is 3.55. The van der Waals surface area contributed by atoms with E-state index < -0.39 is 11.7 Å². The van der Waals surface area contributed by atoms with E-state index in [4.69, 9.17) is 0 Å². The van der Waals surface area contributed by atoms with Crippen LogP contribution in [-0.4, -0.2) is 4.98 Å². The number of rotatable bonds is 0. The predicted octanol–water partition coefficient (Wildman–Crippen LogP) is 3.50. The summed E-state index contributed by atoms with van der Waals surface area (Å²) in [6.45, 7) is 0. The van der Waals surface area contributed by atoms with Gasteiger partial charge in [-0.25, -0.2) is 4.98 Å². The molecule has 0 aliphatic carbocycles. The molecule has 1 nitrogen and oxygen atoms in total. The average Bonchev–Trinajstić information content (AvgIpc) is 2.37. The van der Waals surface area contributed by atoms with Gasteiger partial charge in [-0.3, -0.25) is 0 Å². The zero-order valence-corrected chi connectivity index (χ0v) is 9.20. The Balaban J connectivity index is 2.20. The lowest BCUT2D eigenvalue weighted by Gasteiger charge is -2.04. The Morgan fingerprint density at radius 1 is 0.889 bits per heavy atom. The highest BCUT2D eigenvalue weighted by atomic mass is 19.4. The molecule has 0 aliphatic rings. The molecule has 90 valence electrons. The summed E-state index contributed by atoms with van der Waals surface area (Å²) in [7, 11) is 0. The van der Waals surface area contributed by atoms with Crippen LogP contribution >= 0.6 is 0 Å². The molecule has 0 N–H and O–H groups in total. The molecule has 0 saturated carbocycles. The number of alkyl halides is 3. The highest BCUT2D eigenvalue weighted by molar-refractivity contribution is 5.40. The minimum atomic E-state index is -4.36. The van der Waals surface area contributed by atoms with E-state index in [0.717, 1.165) is 17.8 Å². The van der Waals surface area contributed by atoms with E-state index in [1.54, 1.807) is 0 Å². The molecule has 0 bridgehead atoms. The average molecular weight is 247 g/mol. The van der Waals surface area contributed by atoms with Gasteiger partial charge in [0.25, 0.3) is 0 Å². The summed E-state index contributed by atoms with van der Waals surface area (Å²) in [5, 5.41) is 0. The van der Waals surface area contributed by atoms with Gasteiger partial charge in [0.15, 0.2) is 0 Å². The number of halogens is 3. The molecule has 1 aromatic carbocycles. The summed E-state index contributed by atoms with van der Waals surface area (Å²) in [6, 6.07) is 11.4. The van der Waals surface area contributed by atoms with Crippen molar-refractivity contribution in [3.8, 4) is 11.8 Å². The Labute approximate surface area is 102 Å². The van der Waals surface area contributed by atoms with Crippen LogP contribution in [0.5, 0.6) is 0 Å². The minimum Gasteiger partial charge on any atom is -0.247 e. The van der Waals surface area contributed by atoms with Crippen LogP contribution < -0.4 is 0 Å². The van der Waals surface area contributed by atoms with Crippen LogP contribution in [0.4, 0.5) is 13.2 Å². The second kappa shape index (κ2) is 4.92. The van der Waals surface area contributed by atoms with E-state index in [9.17, 15) is 13.2 Å². The quantitative estimate of drug-likeness (QED) is 0.649. The van der Waals surface area contributed by atoms with Crippen molar-refractivity contribution in [3.05, 3.63) is 65.5 Å². The van der Waals surface area contributed by atoms with Gasteiger partial charge in [-0.15, -0.1) is 0 Å². The third-order valence-corrected chi connectivity index (χ3v) is 2.20. The van der Waals surface area contributed by atoms with E-state index in [0.29, 0.717) is 5.69 Å². The molecule has 0 amide bonds. The number of hydrogen-bond acceptors (Lipinski definition) is 1.